The number of thiazole rings is 1. The topological polar surface area (TPSA) is 108 Å². The van der Waals surface area contributed by atoms with Gasteiger partial charge in [0, 0.05) is 5.69 Å². The quantitative estimate of drug-likeness (QED) is 0.510. The summed E-state index contributed by atoms with van der Waals surface area (Å²) in [5, 5.41) is 20.2. The second-order valence-electron chi connectivity index (χ2n) is 5.22. The molecule has 2 aromatic carbocycles. The van der Waals surface area contributed by atoms with Gasteiger partial charge >= 0.3 is 0 Å². The fourth-order valence-corrected chi connectivity index (χ4v) is 3.26. The number of benzene rings is 2. The number of rotatable bonds is 5. The SMILES string of the molecule is O=C(Cc1nn[nH]n1)Nc1cccc2sc(Nc3ccccc3)nc12. The summed E-state index contributed by atoms with van der Waals surface area (Å²) in [5.74, 6) is 0.119. The van der Waals surface area contributed by atoms with E-state index in [9.17, 15) is 4.79 Å². The highest BCUT2D eigenvalue weighted by atomic mass is 32.1. The van der Waals surface area contributed by atoms with Crippen LogP contribution in [-0.4, -0.2) is 31.5 Å². The number of anilines is 3. The van der Waals surface area contributed by atoms with Crippen molar-refractivity contribution in [1.82, 2.24) is 25.6 Å². The highest BCUT2D eigenvalue weighted by Crippen LogP contribution is 2.32. The summed E-state index contributed by atoms with van der Waals surface area (Å²) >= 11 is 1.53. The predicted molar refractivity (Wildman–Crippen MR) is 95.9 cm³/mol. The lowest BCUT2D eigenvalue weighted by atomic mass is 10.2. The molecular weight excluding hydrogens is 338 g/mol. The average molecular weight is 351 g/mol. The van der Waals surface area contributed by atoms with E-state index in [0.717, 1.165) is 21.0 Å². The van der Waals surface area contributed by atoms with Crippen LogP contribution >= 0.6 is 11.3 Å². The van der Waals surface area contributed by atoms with Crippen LogP contribution in [0.3, 0.4) is 0 Å². The molecule has 0 spiro atoms. The molecule has 2 aromatic heterocycles. The maximum Gasteiger partial charge on any atom is 0.232 e. The third-order valence-electron chi connectivity index (χ3n) is 3.43. The normalized spacial score (nSPS) is 10.7. The number of nitrogens with one attached hydrogen (secondary N) is 3. The highest BCUT2D eigenvalue weighted by Gasteiger charge is 2.12. The van der Waals surface area contributed by atoms with Crippen molar-refractivity contribution < 1.29 is 4.79 Å². The van der Waals surface area contributed by atoms with E-state index in [1.54, 1.807) is 0 Å². The van der Waals surface area contributed by atoms with Crippen molar-refractivity contribution in [2.24, 2.45) is 0 Å². The molecule has 0 saturated carbocycles. The zero-order valence-electron chi connectivity index (χ0n) is 12.9. The Morgan fingerprint density at radius 3 is 2.80 bits per heavy atom. The molecule has 9 heteroatoms. The summed E-state index contributed by atoms with van der Waals surface area (Å²) < 4.78 is 0.982. The Morgan fingerprint density at radius 2 is 2.00 bits per heavy atom. The van der Waals surface area contributed by atoms with Gasteiger partial charge in [-0.3, -0.25) is 4.79 Å². The molecule has 8 nitrogen and oxygen atoms in total. The van der Waals surface area contributed by atoms with Gasteiger partial charge < -0.3 is 10.6 Å². The maximum absolute atomic E-state index is 12.1. The summed E-state index contributed by atoms with van der Waals surface area (Å²) in [7, 11) is 0. The number of nitrogens with zero attached hydrogens (tertiary/aromatic N) is 4. The number of aromatic nitrogens is 5. The number of carbonyl (C=O) groups is 1. The summed E-state index contributed by atoms with van der Waals surface area (Å²) in [5.41, 5.74) is 2.36. The van der Waals surface area contributed by atoms with Crippen molar-refractivity contribution in [3.8, 4) is 0 Å². The molecule has 0 fully saturated rings. The zero-order valence-corrected chi connectivity index (χ0v) is 13.7. The standard InChI is InChI=1S/C16H13N7OS/c24-14(9-13-20-22-23-21-13)18-11-7-4-8-12-15(11)19-16(25-12)17-10-5-2-1-3-6-10/h1-8H,9H2,(H,17,19)(H,18,24)(H,20,21,22,23). The van der Waals surface area contributed by atoms with Gasteiger partial charge in [-0.25, -0.2) is 4.98 Å². The molecule has 0 radical (unpaired) electrons. The summed E-state index contributed by atoms with van der Waals surface area (Å²) in [6.45, 7) is 0. The first-order chi connectivity index (χ1) is 12.3. The van der Waals surface area contributed by atoms with Crippen LogP contribution in [0.25, 0.3) is 10.2 Å². The number of hydrogen-bond acceptors (Lipinski definition) is 7. The van der Waals surface area contributed by atoms with Gasteiger partial charge in [-0.2, -0.15) is 5.21 Å². The number of aromatic amines is 1. The Labute approximate surface area is 146 Å². The summed E-state index contributed by atoms with van der Waals surface area (Å²) in [6.07, 6.45) is 0.0478. The summed E-state index contributed by atoms with van der Waals surface area (Å²) in [4.78, 5) is 16.7. The second-order valence-corrected chi connectivity index (χ2v) is 6.25. The number of tetrazole rings is 1. The molecule has 0 aliphatic carbocycles. The first kappa shape index (κ1) is 15.2. The van der Waals surface area contributed by atoms with Crippen LogP contribution in [0.4, 0.5) is 16.5 Å². The van der Waals surface area contributed by atoms with Gasteiger partial charge in [0.05, 0.1) is 16.8 Å². The Balaban J connectivity index is 1.56. The van der Waals surface area contributed by atoms with Crippen molar-refractivity contribution in [3.63, 3.8) is 0 Å². The lowest BCUT2D eigenvalue weighted by Crippen LogP contribution is -2.15. The Hall–Kier alpha value is -3.33. The van der Waals surface area contributed by atoms with Crippen molar-refractivity contribution >= 4 is 44.0 Å². The van der Waals surface area contributed by atoms with Gasteiger partial charge in [-0.1, -0.05) is 40.8 Å². The smallest absolute Gasteiger partial charge is 0.232 e. The number of fused-ring (bicyclic) bond motifs is 1. The van der Waals surface area contributed by atoms with Crippen LogP contribution in [0.2, 0.25) is 0 Å². The molecule has 0 unspecified atom stereocenters. The minimum Gasteiger partial charge on any atom is -0.332 e. The molecule has 0 saturated heterocycles. The number of amides is 1. The first-order valence-electron chi connectivity index (χ1n) is 7.52. The molecule has 1 amide bonds. The van der Waals surface area contributed by atoms with Crippen LogP contribution < -0.4 is 10.6 Å². The lowest BCUT2D eigenvalue weighted by Gasteiger charge is -2.04. The second kappa shape index (κ2) is 6.65. The van der Waals surface area contributed by atoms with Crippen LogP contribution in [0.5, 0.6) is 0 Å². The summed E-state index contributed by atoms with van der Waals surface area (Å²) in [6, 6.07) is 15.5. The molecule has 3 N–H and O–H groups in total. The van der Waals surface area contributed by atoms with Gasteiger partial charge in [-0.05, 0) is 24.3 Å². The third kappa shape index (κ3) is 3.45. The van der Waals surface area contributed by atoms with Crippen LogP contribution in [0.15, 0.2) is 48.5 Å². The van der Waals surface area contributed by atoms with Crippen molar-refractivity contribution in [1.29, 1.82) is 0 Å². The fraction of sp³-hybridized carbons (Fsp3) is 0.0625. The van der Waals surface area contributed by atoms with Gasteiger partial charge in [0.1, 0.15) is 5.52 Å². The fourth-order valence-electron chi connectivity index (χ4n) is 2.34. The molecule has 4 rings (SSSR count). The highest BCUT2D eigenvalue weighted by molar-refractivity contribution is 7.22. The number of carbonyl (C=O) groups excluding carboxylic acids is 1. The first-order valence-corrected chi connectivity index (χ1v) is 8.33. The molecule has 2 heterocycles. The van der Waals surface area contributed by atoms with E-state index in [-0.39, 0.29) is 12.3 Å². The van der Waals surface area contributed by atoms with E-state index < -0.39 is 0 Å². The molecule has 0 atom stereocenters. The van der Waals surface area contributed by atoms with Gasteiger partial charge in [-0.15, -0.1) is 10.2 Å². The molecule has 0 aliphatic heterocycles. The Kier molecular flexibility index (Phi) is 4.05. The Bertz CT molecular complexity index is 998. The van der Waals surface area contributed by atoms with Crippen LogP contribution in [0.1, 0.15) is 5.82 Å². The van der Waals surface area contributed by atoms with E-state index in [2.05, 4.69) is 36.2 Å². The van der Waals surface area contributed by atoms with Gasteiger partial charge in [0.25, 0.3) is 0 Å². The molecule has 0 aliphatic rings. The molecule has 124 valence electrons. The number of para-hydroxylation sites is 2. The van der Waals surface area contributed by atoms with Crippen molar-refractivity contribution in [2.75, 3.05) is 10.6 Å². The van der Waals surface area contributed by atoms with Crippen LogP contribution in [-0.2, 0) is 11.2 Å². The molecule has 0 bridgehead atoms. The lowest BCUT2D eigenvalue weighted by molar-refractivity contribution is -0.115. The molecule has 25 heavy (non-hydrogen) atoms. The van der Waals surface area contributed by atoms with Gasteiger partial charge in [0.2, 0.25) is 5.91 Å². The average Bonchev–Trinajstić information content (AvgIpc) is 3.25. The van der Waals surface area contributed by atoms with E-state index in [1.807, 2.05) is 48.5 Å². The third-order valence-corrected chi connectivity index (χ3v) is 4.36. The van der Waals surface area contributed by atoms with Crippen molar-refractivity contribution in [3.05, 3.63) is 54.4 Å². The van der Waals surface area contributed by atoms with E-state index in [4.69, 9.17) is 0 Å². The predicted octanol–water partition coefficient (Wildman–Crippen LogP) is 2.73. The van der Waals surface area contributed by atoms with E-state index in [1.165, 1.54) is 11.3 Å². The minimum absolute atomic E-state index is 0.0478. The van der Waals surface area contributed by atoms with Gasteiger partial charge in [0.15, 0.2) is 11.0 Å². The molecular formula is C16H13N7OS. The monoisotopic (exact) mass is 351 g/mol. The van der Waals surface area contributed by atoms with Crippen molar-refractivity contribution in [2.45, 2.75) is 6.42 Å². The number of H-pyrrole nitrogens is 1. The van der Waals surface area contributed by atoms with E-state index in [0.29, 0.717) is 11.5 Å². The van der Waals surface area contributed by atoms with E-state index >= 15 is 0 Å². The zero-order chi connectivity index (χ0) is 17.1. The Morgan fingerprint density at radius 1 is 1.12 bits per heavy atom. The molecule has 4 aromatic rings. The minimum atomic E-state index is -0.223. The largest absolute Gasteiger partial charge is 0.332 e. The number of hydrogen-bond donors (Lipinski definition) is 3. The van der Waals surface area contributed by atoms with Crippen LogP contribution in [0, 0.1) is 0 Å². The maximum atomic E-state index is 12.1.